The summed E-state index contributed by atoms with van der Waals surface area (Å²) in [6.45, 7) is 0. The van der Waals surface area contributed by atoms with Crippen molar-refractivity contribution in [3.63, 3.8) is 0 Å². The van der Waals surface area contributed by atoms with Crippen LogP contribution in [0.5, 0.6) is 0 Å². The Morgan fingerprint density at radius 3 is 0.683 bits per heavy atom. The molecule has 0 N–H and O–H groups in total. The van der Waals surface area contributed by atoms with Crippen LogP contribution in [0.1, 0.15) is 0 Å². The summed E-state index contributed by atoms with van der Waals surface area (Å²) in [5.74, 6) is 1.58. The summed E-state index contributed by atoms with van der Waals surface area (Å²) in [5.41, 5.74) is 31.6. The molecule has 7 aromatic heterocycles. The number of nitrogens with zero attached hydrogens (tertiary/aromatic N) is 9. The van der Waals surface area contributed by atoms with E-state index in [2.05, 4.69) is 470 Å². The Bertz CT molecular complexity index is 8530. The molecular weight excluding hydrogens is 1530 g/mol. The third-order valence-corrected chi connectivity index (χ3v) is 26.1. The van der Waals surface area contributed by atoms with E-state index in [1.54, 1.807) is 0 Å². The molecule has 0 aliphatic rings. The maximum atomic E-state index is 5.80. The number of para-hydroxylation sites is 8. The molecule has 0 saturated heterocycles. The van der Waals surface area contributed by atoms with Gasteiger partial charge >= 0.3 is 0 Å². The van der Waals surface area contributed by atoms with Crippen LogP contribution in [0.25, 0.3) is 244 Å². The summed E-state index contributed by atoms with van der Waals surface area (Å²) in [4.78, 5) is 17.2. The first-order chi connectivity index (χ1) is 62.5. The Balaban J connectivity index is 0.671. The molecule has 9 nitrogen and oxygen atoms in total. The maximum absolute atomic E-state index is 5.80. The molecule has 0 fully saturated rings. The van der Waals surface area contributed by atoms with Crippen molar-refractivity contribution in [1.82, 2.24) is 42.4 Å². The summed E-state index contributed by atoms with van der Waals surface area (Å²) in [6, 6.07) is 162. The van der Waals surface area contributed by atoms with Crippen LogP contribution < -0.4 is 0 Å². The standard InChI is InChI=1S/C117H73N9/c1-6-27-74(28-7-1)89-39-16-17-44-94(89)116-118-115(119-117(120-116)126-113-63-55-81(77-51-59-109-97(68-77)92-42-20-24-47-105(92)123(109)86-34-12-4-13-35-86)72-101(113)102-73-82(56-64-114(102)126)78-52-60-110-98(69-78)93-43-21-25-48-106(93)124(110)87-36-14-5-15-37-87)83-29-26-38-88(65-83)125-111-61-53-79(75-49-57-107-95(66-75)90-40-18-22-45-103(90)121(107)84-30-8-2-9-31-84)70-99(111)100-71-80(54-62-112(100)125)76-50-58-108-96(67-76)91-41-19-23-46-104(91)122(108)85-32-10-3-11-33-85/h1-73H. The smallest absolute Gasteiger partial charge is 0.238 e. The molecule has 0 amide bonds. The molecule has 586 valence electrons. The van der Waals surface area contributed by atoms with Crippen LogP contribution in [0.15, 0.2) is 443 Å². The average Bonchev–Trinajstić information content (AvgIpc) is 1.57. The minimum absolute atomic E-state index is 0.497. The molecule has 0 aliphatic carbocycles. The van der Waals surface area contributed by atoms with Crippen molar-refractivity contribution in [3.05, 3.63) is 443 Å². The van der Waals surface area contributed by atoms with Crippen LogP contribution in [0.2, 0.25) is 0 Å². The van der Waals surface area contributed by atoms with E-state index >= 15 is 0 Å². The summed E-state index contributed by atoms with van der Waals surface area (Å²) < 4.78 is 14.2. The lowest BCUT2D eigenvalue weighted by atomic mass is 9.98. The van der Waals surface area contributed by atoms with Crippen LogP contribution >= 0.6 is 0 Å². The molecule has 19 aromatic carbocycles. The predicted molar refractivity (Wildman–Crippen MR) is 524 cm³/mol. The number of hydrogen-bond acceptors (Lipinski definition) is 3. The fraction of sp³-hybridized carbons (Fsp3) is 0. The van der Waals surface area contributed by atoms with E-state index < -0.39 is 0 Å². The van der Waals surface area contributed by atoms with Crippen molar-refractivity contribution >= 4 is 131 Å². The molecule has 0 unspecified atom stereocenters. The molecular formula is C117H73N9. The van der Waals surface area contributed by atoms with E-state index in [9.17, 15) is 0 Å². The van der Waals surface area contributed by atoms with Gasteiger partial charge in [-0.25, -0.2) is 4.98 Å². The molecule has 0 aliphatic heterocycles. The van der Waals surface area contributed by atoms with Crippen LogP contribution in [-0.2, 0) is 0 Å². The van der Waals surface area contributed by atoms with Crippen LogP contribution in [-0.4, -0.2) is 42.4 Å². The lowest BCUT2D eigenvalue weighted by Crippen LogP contribution is -2.07. The second-order valence-corrected chi connectivity index (χ2v) is 33.0. The fourth-order valence-electron chi connectivity index (χ4n) is 20.3. The highest BCUT2D eigenvalue weighted by Crippen LogP contribution is 2.46. The first kappa shape index (κ1) is 70.8. The topological polar surface area (TPSA) is 68.2 Å². The molecule has 126 heavy (non-hydrogen) atoms. The molecule has 26 rings (SSSR count). The lowest BCUT2D eigenvalue weighted by molar-refractivity contribution is 0.953. The van der Waals surface area contributed by atoms with E-state index in [0.29, 0.717) is 17.6 Å². The summed E-state index contributed by atoms with van der Waals surface area (Å²) in [6.07, 6.45) is 0. The van der Waals surface area contributed by atoms with E-state index in [1.807, 2.05) is 0 Å². The second kappa shape index (κ2) is 28.3. The van der Waals surface area contributed by atoms with E-state index in [1.165, 1.54) is 65.2 Å². The van der Waals surface area contributed by atoms with Crippen molar-refractivity contribution in [2.24, 2.45) is 0 Å². The van der Waals surface area contributed by atoms with E-state index in [0.717, 1.165) is 161 Å². The fourth-order valence-corrected chi connectivity index (χ4v) is 20.3. The zero-order valence-electron chi connectivity index (χ0n) is 68.2. The Kier molecular flexibility index (Phi) is 15.9. The highest BCUT2D eigenvalue weighted by atomic mass is 15.2. The minimum Gasteiger partial charge on any atom is -0.309 e. The van der Waals surface area contributed by atoms with Gasteiger partial charge in [0.1, 0.15) is 0 Å². The van der Waals surface area contributed by atoms with Crippen LogP contribution in [0.4, 0.5) is 0 Å². The van der Waals surface area contributed by atoms with Crippen molar-refractivity contribution in [3.8, 4) is 113 Å². The van der Waals surface area contributed by atoms with Crippen LogP contribution in [0, 0.1) is 0 Å². The molecule has 0 radical (unpaired) electrons. The minimum atomic E-state index is 0.497. The van der Waals surface area contributed by atoms with E-state index in [4.69, 9.17) is 15.0 Å². The molecule has 7 heterocycles. The van der Waals surface area contributed by atoms with Crippen LogP contribution in [0.3, 0.4) is 0 Å². The van der Waals surface area contributed by atoms with Gasteiger partial charge in [-0.1, -0.05) is 261 Å². The number of hydrogen-bond donors (Lipinski definition) is 0. The Morgan fingerprint density at radius 2 is 0.357 bits per heavy atom. The molecule has 9 heteroatoms. The van der Waals surface area contributed by atoms with Gasteiger partial charge in [0.15, 0.2) is 11.6 Å². The largest absolute Gasteiger partial charge is 0.309 e. The van der Waals surface area contributed by atoms with Crippen molar-refractivity contribution < 1.29 is 0 Å². The average molecular weight is 1600 g/mol. The predicted octanol–water partition coefficient (Wildman–Crippen LogP) is 30.1. The summed E-state index contributed by atoms with van der Waals surface area (Å²) >= 11 is 0. The Morgan fingerprint density at radius 1 is 0.127 bits per heavy atom. The van der Waals surface area contributed by atoms with Gasteiger partial charge < -0.3 is 22.8 Å². The SMILES string of the molecule is c1ccc(-c2ccccc2-c2nc(-c3cccc(-n4c5ccc(-c6ccc7c(c6)c6ccccc6n7-c6ccccc6)cc5c5cc(-c6ccc7c(c6)c6ccccc6n7-c6ccccc6)ccc54)c3)nc(-n3c4ccc(-c5ccc6c(c5)c5ccccc5n6-c5ccccc5)cc4c4cc(-c5ccc6c(c5)c5ccccc5n6-c5ccccc5)ccc43)n2)cc1. The monoisotopic (exact) mass is 1600 g/mol. The van der Waals surface area contributed by atoms with Gasteiger partial charge in [-0.2, -0.15) is 9.97 Å². The van der Waals surface area contributed by atoms with Gasteiger partial charge in [0, 0.05) is 104 Å². The highest BCUT2D eigenvalue weighted by molar-refractivity contribution is 6.18. The molecule has 0 saturated carbocycles. The third-order valence-electron chi connectivity index (χ3n) is 26.1. The van der Waals surface area contributed by atoms with Gasteiger partial charge in [0.05, 0.1) is 66.2 Å². The van der Waals surface area contributed by atoms with Crippen molar-refractivity contribution in [2.75, 3.05) is 0 Å². The molecule has 0 atom stereocenters. The zero-order valence-corrected chi connectivity index (χ0v) is 68.2. The van der Waals surface area contributed by atoms with Crippen molar-refractivity contribution in [1.29, 1.82) is 0 Å². The molecule has 26 aromatic rings. The maximum Gasteiger partial charge on any atom is 0.238 e. The normalized spacial score (nSPS) is 12.0. The zero-order chi connectivity index (χ0) is 82.6. The first-order valence-electron chi connectivity index (χ1n) is 43.0. The quantitative estimate of drug-likeness (QED) is 0.116. The van der Waals surface area contributed by atoms with Gasteiger partial charge in [0.2, 0.25) is 5.95 Å². The summed E-state index contributed by atoms with van der Waals surface area (Å²) in [7, 11) is 0. The highest BCUT2D eigenvalue weighted by Gasteiger charge is 2.26. The van der Waals surface area contributed by atoms with Crippen molar-refractivity contribution in [2.45, 2.75) is 0 Å². The lowest BCUT2D eigenvalue weighted by Gasteiger charge is -2.14. The van der Waals surface area contributed by atoms with Gasteiger partial charge in [0.25, 0.3) is 0 Å². The summed E-state index contributed by atoms with van der Waals surface area (Å²) in [5, 5.41) is 14.0. The number of rotatable bonds is 13. The molecule has 0 spiro atoms. The van der Waals surface area contributed by atoms with Gasteiger partial charge in [-0.3, -0.25) is 4.57 Å². The van der Waals surface area contributed by atoms with E-state index in [-0.39, 0.29) is 0 Å². The number of fused-ring (bicyclic) bond motifs is 18. The third kappa shape index (κ3) is 11.2. The number of benzene rings is 19. The number of aromatic nitrogens is 9. The second-order valence-electron chi connectivity index (χ2n) is 33.0. The Hall–Kier alpha value is -17.0. The Labute approximate surface area is 724 Å². The molecule has 0 bridgehead atoms. The van der Waals surface area contributed by atoms with Gasteiger partial charge in [-0.05, 0) is 238 Å². The van der Waals surface area contributed by atoms with Gasteiger partial charge in [-0.15, -0.1) is 0 Å². The first-order valence-corrected chi connectivity index (χ1v) is 43.0.